The van der Waals surface area contributed by atoms with Gasteiger partial charge in [-0.15, -0.1) is 0 Å². The van der Waals surface area contributed by atoms with Gasteiger partial charge in [0.15, 0.2) is 0 Å². The molecule has 0 aromatic heterocycles. The number of nitrogens with one attached hydrogen (secondary N) is 2. The molecule has 0 fully saturated rings. The van der Waals surface area contributed by atoms with Gasteiger partial charge in [-0.2, -0.15) is 0 Å². The zero-order valence-corrected chi connectivity index (χ0v) is 12.1. The second-order valence-corrected chi connectivity index (χ2v) is 6.21. The lowest BCUT2D eigenvalue weighted by Crippen LogP contribution is -2.17. The number of nitrogens with two attached hydrogens (primary N) is 1. The fourth-order valence-electron chi connectivity index (χ4n) is 1.77. The minimum atomic E-state index is -3.43. The molecule has 0 bridgehead atoms. The molecule has 2 aromatic carbocycles. The van der Waals surface area contributed by atoms with Gasteiger partial charge in [0, 0.05) is 5.69 Å². The first kappa shape index (κ1) is 14.9. The molecule has 0 spiro atoms. The summed E-state index contributed by atoms with van der Waals surface area (Å²) in [6.07, 6.45) is 1.04. The Labute approximate surface area is 123 Å². The monoisotopic (exact) mass is 305 g/mol. The summed E-state index contributed by atoms with van der Waals surface area (Å²) in [5, 5.41) is 2.64. The van der Waals surface area contributed by atoms with Gasteiger partial charge >= 0.3 is 0 Å². The van der Waals surface area contributed by atoms with Crippen LogP contribution in [-0.4, -0.2) is 20.6 Å². The van der Waals surface area contributed by atoms with Crippen molar-refractivity contribution >= 4 is 33.0 Å². The van der Waals surface area contributed by atoms with Crippen LogP contribution in [0.3, 0.4) is 0 Å². The summed E-state index contributed by atoms with van der Waals surface area (Å²) in [7, 11) is -3.43. The molecular weight excluding hydrogens is 290 g/mol. The molecule has 0 atom stereocenters. The SMILES string of the molecule is CS(=O)(=O)Nc1ccccc1NC(=O)c1ccccc1N. The van der Waals surface area contributed by atoms with Crippen LogP contribution in [0.15, 0.2) is 48.5 Å². The summed E-state index contributed by atoms with van der Waals surface area (Å²) in [5.41, 5.74) is 7.07. The number of carbonyl (C=O) groups excluding carboxylic acids is 1. The van der Waals surface area contributed by atoms with E-state index in [-0.39, 0.29) is 0 Å². The van der Waals surface area contributed by atoms with E-state index < -0.39 is 15.9 Å². The Kier molecular flexibility index (Phi) is 4.13. The van der Waals surface area contributed by atoms with Gasteiger partial charge in [0.1, 0.15) is 0 Å². The van der Waals surface area contributed by atoms with Gasteiger partial charge in [-0.05, 0) is 24.3 Å². The smallest absolute Gasteiger partial charge is 0.257 e. The molecule has 2 rings (SSSR count). The third-order valence-electron chi connectivity index (χ3n) is 2.68. The number of sulfonamides is 1. The van der Waals surface area contributed by atoms with E-state index in [1.165, 1.54) is 0 Å². The zero-order chi connectivity index (χ0) is 15.5. The Morgan fingerprint density at radius 1 is 1.00 bits per heavy atom. The molecule has 4 N–H and O–H groups in total. The zero-order valence-electron chi connectivity index (χ0n) is 11.3. The Bertz CT molecular complexity index is 773. The highest BCUT2D eigenvalue weighted by atomic mass is 32.2. The molecule has 0 heterocycles. The van der Waals surface area contributed by atoms with Crippen LogP contribution in [0.5, 0.6) is 0 Å². The second kappa shape index (κ2) is 5.84. The molecule has 110 valence electrons. The van der Waals surface area contributed by atoms with Crippen molar-refractivity contribution in [1.82, 2.24) is 0 Å². The first-order valence-electron chi connectivity index (χ1n) is 6.09. The van der Waals surface area contributed by atoms with E-state index in [1.807, 2.05) is 0 Å². The fraction of sp³-hybridized carbons (Fsp3) is 0.0714. The number of carbonyl (C=O) groups is 1. The van der Waals surface area contributed by atoms with Crippen molar-refractivity contribution in [2.75, 3.05) is 22.0 Å². The lowest BCUT2D eigenvalue weighted by molar-refractivity contribution is 0.102. The lowest BCUT2D eigenvalue weighted by Gasteiger charge is -2.12. The van der Waals surface area contributed by atoms with Crippen molar-refractivity contribution in [3.63, 3.8) is 0 Å². The van der Waals surface area contributed by atoms with Gasteiger partial charge in [0.2, 0.25) is 10.0 Å². The number of benzene rings is 2. The summed E-state index contributed by atoms with van der Waals surface area (Å²) in [4.78, 5) is 12.2. The molecule has 0 saturated carbocycles. The molecule has 0 aliphatic carbocycles. The van der Waals surface area contributed by atoms with E-state index in [0.29, 0.717) is 22.6 Å². The predicted molar refractivity (Wildman–Crippen MR) is 83.7 cm³/mol. The van der Waals surface area contributed by atoms with E-state index >= 15 is 0 Å². The molecule has 0 unspecified atom stereocenters. The number of hydrogen-bond acceptors (Lipinski definition) is 4. The minimum absolute atomic E-state index is 0.294. The van der Waals surface area contributed by atoms with E-state index in [4.69, 9.17) is 5.73 Å². The van der Waals surface area contributed by atoms with Gasteiger partial charge in [-0.1, -0.05) is 24.3 Å². The molecule has 1 amide bonds. The molecule has 21 heavy (non-hydrogen) atoms. The first-order valence-corrected chi connectivity index (χ1v) is 7.98. The van der Waals surface area contributed by atoms with Gasteiger partial charge in [-0.25, -0.2) is 8.42 Å². The van der Waals surface area contributed by atoms with Crippen LogP contribution in [0.4, 0.5) is 17.1 Å². The van der Waals surface area contributed by atoms with Crippen LogP contribution < -0.4 is 15.8 Å². The summed E-state index contributed by atoms with van der Waals surface area (Å²) in [6, 6.07) is 13.2. The van der Waals surface area contributed by atoms with Gasteiger partial charge in [-0.3, -0.25) is 9.52 Å². The number of hydrogen-bond donors (Lipinski definition) is 3. The van der Waals surface area contributed by atoms with E-state index in [9.17, 15) is 13.2 Å². The van der Waals surface area contributed by atoms with Gasteiger partial charge in [0.05, 0.1) is 23.2 Å². The summed E-state index contributed by atoms with van der Waals surface area (Å²) in [5.74, 6) is -0.407. The Hall–Kier alpha value is -2.54. The topological polar surface area (TPSA) is 101 Å². The van der Waals surface area contributed by atoms with Crippen molar-refractivity contribution in [2.45, 2.75) is 0 Å². The van der Waals surface area contributed by atoms with Crippen molar-refractivity contribution in [3.05, 3.63) is 54.1 Å². The highest BCUT2D eigenvalue weighted by Crippen LogP contribution is 2.23. The van der Waals surface area contributed by atoms with Crippen LogP contribution in [0.2, 0.25) is 0 Å². The number of nitrogen functional groups attached to an aromatic ring is 1. The molecule has 7 heteroatoms. The normalized spacial score (nSPS) is 10.9. The maximum absolute atomic E-state index is 12.2. The number of para-hydroxylation sites is 3. The molecule has 2 aromatic rings. The van der Waals surface area contributed by atoms with Crippen molar-refractivity contribution in [2.24, 2.45) is 0 Å². The molecule has 0 saturated heterocycles. The third-order valence-corrected chi connectivity index (χ3v) is 3.27. The average molecular weight is 305 g/mol. The Morgan fingerprint density at radius 2 is 1.57 bits per heavy atom. The predicted octanol–water partition coefficient (Wildman–Crippen LogP) is 1.89. The summed E-state index contributed by atoms with van der Waals surface area (Å²) in [6.45, 7) is 0. The van der Waals surface area contributed by atoms with E-state index in [2.05, 4.69) is 10.0 Å². The molecule has 0 radical (unpaired) electrons. The van der Waals surface area contributed by atoms with E-state index in [0.717, 1.165) is 6.26 Å². The maximum Gasteiger partial charge on any atom is 0.257 e. The van der Waals surface area contributed by atoms with Crippen LogP contribution in [0.1, 0.15) is 10.4 Å². The number of amides is 1. The lowest BCUT2D eigenvalue weighted by atomic mass is 10.1. The van der Waals surface area contributed by atoms with Crippen LogP contribution in [0.25, 0.3) is 0 Å². The van der Waals surface area contributed by atoms with Crippen LogP contribution in [0, 0.1) is 0 Å². The van der Waals surface area contributed by atoms with Crippen LogP contribution in [-0.2, 0) is 10.0 Å². The van der Waals surface area contributed by atoms with Crippen molar-refractivity contribution < 1.29 is 13.2 Å². The quantitative estimate of drug-likeness (QED) is 0.751. The molecule has 0 aliphatic rings. The summed E-state index contributed by atoms with van der Waals surface area (Å²) < 4.78 is 25.0. The average Bonchev–Trinajstić information content (AvgIpc) is 2.40. The maximum atomic E-state index is 12.2. The minimum Gasteiger partial charge on any atom is -0.398 e. The third kappa shape index (κ3) is 3.96. The molecule has 6 nitrogen and oxygen atoms in total. The summed E-state index contributed by atoms with van der Waals surface area (Å²) >= 11 is 0. The van der Waals surface area contributed by atoms with Gasteiger partial charge in [0.25, 0.3) is 5.91 Å². The van der Waals surface area contributed by atoms with E-state index in [1.54, 1.807) is 48.5 Å². The van der Waals surface area contributed by atoms with Crippen LogP contribution >= 0.6 is 0 Å². The standard InChI is InChI=1S/C14H15N3O3S/c1-21(19,20)17-13-9-5-4-8-12(13)16-14(18)10-6-2-3-7-11(10)15/h2-9,17H,15H2,1H3,(H,16,18). The highest BCUT2D eigenvalue weighted by Gasteiger charge is 2.12. The first-order chi connectivity index (χ1) is 9.87. The number of rotatable bonds is 4. The molecular formula is C14H15N3O3S. The Morgan fingerprint density at radius 3 is 2.19 bits per heavy atom. The molecule has 0 aliphatic heterocycles. The largest absolute Gasteiger partial charge is 0.398 e. The van der Waals surface area contributed by atoms with Gasteiger partial charge < -0.3 is 11.1 Å². The Balaban J connectivity index is 2.28. The number of anilines is 3. The van der Waals surface area contributed by atoms with Crippen molar-refractivity contribution in [1.29, 1.82) is 0 Å². The fourth-order valence-corrected chi connectivity index (χ4v) is 2.35. The highest BCUT2D eigenvalue weighted by molar-refractivity contribution is 7.92. The van der Waals surface area contributed by atoms with Crippen molar-refractivity contribution in [3.8, 4) is 0 Å². The second-order valence-electron chi connectivity index (χ2n) is 4.46.